The summed E-state index contributed by atoms with van der Waals surface area (Å²) in [5.74, 6) is 0.0732. The van der Waals surface area contributed by atoms with Gasteiger partial charge in [-0.15, -0.1) is 0 Å². The summed E-state index contributed by atoms with van der Waals surface area (Å²) in [5.41, 5.74) is 1.16. The fourth-order valence-corrected chi connectivity index (χ4v) is 3.86. The molecular formula is C14H22O3. The van der Waals surface area contributed by atoms with Crippen LogP contribution in [-0.4, -0.2) is 23.3 Å². The highest BCUT2D eigenvalue weighted by atomic mass is 16.5. The molecule has 4 atom stereocenters. The Bertz CT molecular complexity index is 347. The van der Waals surface area contributed by atoms with Gasteiger partial charge < -0.3 is 9.84 Å². The van der Waals surface area contributed by atoms with E-state index in [1.807, 2.05) is 13.0 Å². The number of allylic oxidation sites excluding steroid dienone is 1. The minimum atomic E-state index is -0.355. The third kappa shape index (κ3) is 2.01. The molecule has 3 heteroatoms. The highest BCUT2D eigenvalue weighted by Gasteiger charge is 2.52. The molecule has 96 valence electrons. The number of carbonyl (C=O) groups excluding carboxylic acids is 1. The normalized spacial score (nSPS) is 43.5. The van der Waals surface area contributed by atoms with Crippen LogP contribution in [0.3, 0.4) is 0 Å². The first-order valence-electron chi connectivity index (χ1n) is 6.51. The van der Waals surface area contributed by atoms with Crippen molar-refractivity contribution < 1.29 is 14.6 Å². The molecule has 2 fully saturated rings. The monoisotopic (exact) mass is 238 g/mol. The number of hydrogen-bond donors (Lipinski definition) is 1. The summed E-state index contributed by atoms with van der Waals surface area (Å²) in [4.78, 5) is 11.1. The van der Waals surface area contributed by atoms with Crippen LogP contribution >= 0.6 is 0 Å². The lowest BCUT2D eigenvalue weighted by Gasteiger charge is -2.41. The second-order valence-electron chi connectivity index (χ2n) is 5.56. The molecule has 1 unspecified atom stereocenters. The van der Waals surface area contributed by atoms with E-state index in [4.69, 9.17) is 4.74 Å². The van der Waals surface area contributed by atoms with Gasteiger partial charge in [0, 0.05) is 12.8 Å². The van der Waals surface area contributed by atoms with Crippen LogP contribution in [0.5, 0.6) is 0 Å². The average Bonchev–Trinajstić information content (AvgIpc) is 2.49. The zero-order valence-electron chi connectivity index (χ0n) is 10.9. The average molecular weight is 238 g/mol. The van der Waals surface area contributed by atoms with Gasteiger partial charge in [0.2, 0.25) is 0 Å². The molecule has 0 aromatic heterocycles. The number of carbonyl (C=O) groups is 1. The largest absolute Gasteiger partial charge is 0.462 e. The fourth-order valence-electron chi connectivity index (χ4n) is 3.86. The zero-order chi connectivity index (χ0) is 12.6. The second-order valence-corrected chi connectivity index (χ2v) is 5.56. The number of hydrogen-bond acceptors (Lipinski definition) is 3. The summed E-state index contributed by atoms with van der Waals surface area (Å²) in [6.07, 6.45) is 5.49. The third-order valence-electron chi connectivity index (χ3n) is 4.58. The Hall–Kier alpha value is -0.830. The number of aliphatic hydroxyl groups is 1. The second kappa shape index (κ2) is 4.45. The zero-order valence-corrected chi connectivity index (χ0v) is 10.9. The van der Waals surface area contributed by atoms with Crippen LogP contribution in [0.1, 0.15) is 46.5 Å². The molecule has 0 heterocycles. The lowest BCUT2D eigenvalue weighted by molar-refractivity contribution is -0.153. The molecule has 0 spiro atoms. The van der Waals surface area contributed by atoms with Crippen molar-refractivity contribution >= 4 is 5.97 Å². The molecule has 2 rings (SSSR count). The molecule has 0 radical (unpaired) electrons. The highest BCUT2D eigenvalue weighted by molar-refractivity contribution is 5.66. The number of rotatable bonds is 1. The van der Waals surface area contributed by atoms with E-state index in [0.717, 1.165) is 31.3 Å². The van der Waals surface area contributed by atoms with Crippen molar-refractivity contribution in [2.45, 2.75) is 58.7 Å². The molecule has 0 aromatic carbocycles. The van der Waals surface area contributed by atoms with Gasteiger partial charge in [0.25, 0.3) is 0 Å². The van der Waals surface area contributed by atoms with Crippen molar-refractivity contribution in [2.75, 3.05) is 0 Å². The molecule has 0 aliphatic heterocycles. The molecule has 0 saturated heterocycles. The summed E-state index contributed by atoms with van der Waals surface area (Å²) < 4.78 is 5.43. The lowest BCUT2D eigenvalue weighted by Crippen LogP contribution is -2.39. The fraction of sp³-hybridized carbons (Fsp3) is 0.786. The van der Waals surface area contributed by atoms with Crippen LogP contribution in [0, 0.1) is 11.3 Å². The van der Waals surface area contributed by atoms with E-state index in [1.165, 1.54) is 6.92 Å². The standard InChI is InChI=1S/C14H22O3/c1-4-10-12(16)8-11-13(17-9(2)15)6-5-7-14(10,11)3/h4,11-13,16H,5-8H2,1-3H3/t11?,12-,13-,14+/m0/s1. The van der Waals surface area contributed by atoms with E-state index in [1.54, 1.807) is 0 Å². The molecule has 0 aromatic rings. The van der Waals surface area contributed by atoms with Crippen LogP contribution in [0.4, 0.5) is 0 Å². The van der Waals surface area contributed by atoms with E-state index < -0.39 is 0 Å². The van der Waals surface area contributed by atoms with Crippen molar-refractivity contribution in [1.82, 2.24) is 0 Å². The maximum absolute atomic E-state index is 11.1. The first-order chi connectivity index (χ1) is 7.99. The van der Waals surface area contributed by atoms with E-state index >= 15 is 0 Å². The molecular weight excluding hydrogens is 216 g/mol. The van der Waals surface area contributed by atoms with Crippen molar-refractivity contribution in [1.29, 1.82) is 0 Å². The van der Waals surface area contributed by atoms with Gasteiger partial charge in [-0.2, -0.15) is 0 Å². The van der Waals surface area contributed by atoms with Crippen molar-refractivity contribution in [3.8, 4) is 0 Å². The first-order valence-corrected chi connectivity index (χ1v) is 6.51. The molecule has 2 saturated carbocycles. The van der Waals surface area contributed by atoms with Gasteiger partial charge in [0.1, 0.15) is 6.10 Å². The van der Waals surface area contributed by atoms with Gasteiger partial charge >= 0.3 is 5.97 Å². The summed E-state index contributed by atoms with van der Waals surface area (Å²) in [6.45, 7) is 5.66. The maximum Gasteiger partial charge on any atom is 0.302 e. The number of esters is 1. The van der Waals surface area contributed by atoms with E-state index in [9.17, 15) is 9.90 Å². The Kier molecular flexibility index (Phi) is 3.30. The predicted octanol–water partition coefficient (Wildman–Crippen LogP) is 2.44. The molecule has 2 aliphatic rings. The molecule has 3 nitrogen and oxygen atoms in total. The minimum Gasteiger partial charge on any atom is -0.462 e. The van der Waals surface area contributed by atoms with E-state index in [2.05, 4.69) is 6.92 Å². The van der Waals surface area contributed by atoms with Crippen LogP contribution < -0.4 is 0 Å². The Labute approximate surface area is 103 Å². The molecule has 2 aliphatic carbocycles. The Morgan fingerprint density at radius 2 is 2.29 bits per heavy atom. The van der Waals surface area contributed by atoms with Crippen molar-refractivity contribution in [3.05, 3.63) is 11.6 Å². The SMILES string of the molecule is CC=C1[C@@H](O)CC2[C@@H](OC(C)=O)CCC[C@]12C. The Morgan fingerprint density at radius 1 is 1.59 bits per heavy atom. The smallest absolute Gasteiger partial charge is 0.302 e. The highest BCUT2D eigenvalue weighted by Crippen LogP contribution is 2.55. The lowest BCUT2D eigenvalue weighted by atomic mass is 9.66. The topological polar surface area (TPSA) is 46.5 Å². The number of aliphatic hydroxyl groups excluding tert-OH is 1. The van der Waals surface area contributed by atoms with Crippen LogP contribution in [0.25, 0.3) is 0 Å². The molecule has 17 heavy (non-hydrogen) atoms. The first kappa shape index (κ1) is 12.6. The summed E-state index contributed by atoms with van der Waals surface area (Å²) in [6, 6.07) is 0. The van der Waals surface area contributed by atoms with Crippen LogP contribution in [0.2, 0.25) is 0 Å². The number of ether oxygens (including phenoxy) is 1. The van der Waals surface area contributed by atoms with Gasteiger partial charge in [-0.1, -0.05) is 13.0 Å². The van der Waals surface area contributed by atoms with E-state index in [-0.39, 0.29) is 29.5 Å². The molecule has 1 N–H and O–H groups in total. The quantitative estimate of drug-likeness (QED) is 0.564. The third-order valence-corrected chi connectivity index (χ3v) is 4.58. The Morgan fingerprint density at radius 3 is 2.88 bits per heavy atom. The van der Waals surface area contributed by atoms with Gasteiger partial charge in [-0.05, 0) is 43.6 Å². The maximum atomic E-state index is 11.1. The Balaban J connectivity index is 2.26. The summed E-state index contributed by atoms with van der Waals surface area (Å²) >= 11 is 0. The van der Waals surface area contributed by atoms with Crippen molar-refractivity contribution in [3.63, 3.8) is 0 Å². The van der Waals surface area contributed by atoms with Gasteiger partial charge in [0.15, 0.2) is 0 Å². The van der Waals surface area contributed by atoms with Gasteiger partial charge in [-0.25, -0.2) is 0 Å². The predicted molar refractivity (Wildman–Crippen MR) is 65.4 cm³/mol. The van der Waals surface area contributed by atoms with Crippen molar-refractivity contribution in [2.24, 2.45) is 11.3 Å². The summed E-state index contributed by atoms with van der Waals surface area (Å²) in [7, 11) is 0. The molecule has 0 bridgehead atoms. The van der Waals surface area contributed by atoms with Crippen LogP contribution in [-0.2, 0) is 9.53 Å². The molecule has 0 amide bonds. The minimum absolute atomic E-state index is 0.0154. The van der Waals surface area contributed by atoms with E-state index in [0.29, 0.717) is 0 Å². The number of fused-ring (bicyclic) bond motifs is 1. The summed E-state index contributed by atoms with van der Waals surface area (Å²) in [5, 5.41) is 10.1. The van der Waals surface area contributed by atoms with Crippen LogP contribution in [0.15, 0.2) is 11.6 Å². The van der Waals surface area contributed by atoms with Gasteiger partial charge in [0.05, 0.1) is 6.10 Å². The van der Waals surface area contributed by atoms with Gasteiger partial charge in [-0.3, -0.25) is 4.79 Å².